The average Bonchev–Trinajstić information content (AvgIpc) is 2.74. The van der Waals surface area contributed by atoms with Crippen LogP contribution in [0.3, 0.4) is 0 Å². The molecule has 0 heterocycles. The summed E-state index contributed by atoms with van der Waals surface area (Å²) in [5, 5.41) is 3.35. The number of carbonyl (C=O) groups excluding carboxylic acids is 1. The Hall–Kier alpha value is -1.51. The van der Waals surface area contributed by atoms with Gasteiger partial charge in [0, 0.05) is 5.69 Å². The second-order valence-corrected chi connectivity index (χ2v) is 5.26. The Morgan fingerprint density at radius 3 is 2.37 bits per heavy atom. The van der Waals surface area contributed by atoms with E-state index in [1.807, 2.05) is 30.3 Å². The van der Waals surface area contributed by atoms with Crippen LogP contribution in [-0.2, 0) is 9.53 Å². The fraction of sp³-hybridized carbons (Fsp3) is 0.562. The highest BCUT2D eigenvalue weighted by Gasteiger charge is 2.29. The third kappa shape index (κ3) is 3.98. The van der Waals surface area contributed by atoms with Crippen molar-refractivity contribution in [2.45, 2.75) is 44.6 Å². The smallest absolute Gasteiger partial charge is 0.328 e. The van der Waals surface area contributed by atoms with Crippen LogP contribution in [0.2, 0.25) is 0 Å². The molecule has 1 unspecified atom stereocenters. The third-order valence-corrected chi connectivity index (χ3v) is 3.92. The Morgan fingerprint density at radius 2 is 1.79 bits per heavy atom. The minimum absolute atomic E-state index is 0.143. The van der Waals surface area contributed by atoms with E-state index < -0.39 is 0 Å². The van der Waals surface area contributed by atoms with Gasteiger partial charge in [0.25, 0.3) is 0 Å². The van der Waals surface area contributed by atoms with Gasteiger partial charge in [0.05, 0.1) is 7.11 Å². The van der Waals surface area contributed by atoms with Crippen LogP contribution in [0.4, 0.5) is 5.69 Å². The summed E-state index contributed by atoms with van der Waals surface area (Å²) < 4.78 is 4.98. The summed E-state index contributed by atoms with van der Waals surface area (Å²) in [4.78, 5) is 12.0. The molecule has 0 spiro atoms. The number of rotatable bonds is 4. The fourth-order valence-corrected chi connectivity index (χ4v) is 2.85. The summed E-state index contributed by atoms with van der Waals surface area (Å²) in [6, 6.07) is 9.70. The zero-order chi connectivity index (χ0) is 13.5. The van der Waals surface area contributed by atoms with E-state index in [4.69, 9.17) is 4.74 Å². The molecule has 1 aromatic rings. The average molecular weight is 261 g/mol. The topological polar surface area (TPSA) is 38.3 Å². The summed E-state index contributed by atoms with van der Waals surface area (Å²) in [6.45, 7) is 0. The normalized spacial score (nSPS) is 18.4. The highest BCUT2D eigenvalue weighted by atomic mass is 16.5. The number of nitrogens with one attached hydrogen (secondary N) is 1. The number of methoxy groups -OCH3 is 1. The van der Waals surface area contributed by atoms with Gasteiger partial charge in [-0.05, 0) is 30.9 Å². The van der Waals surface area contributed by atoms with E-state index in [2.05, 4.69) is 5.32 Å². The summed E-state index contributed by atoms with van der Waals surface area (Å²) in [6.07, 6.45) is 7.23. The van der Waals surface area contributed by atoms with E-state index in [1.165, 1.54) is 32.8 Å². The van der Waals surface area contributed by atoms with Crippen LogP contribution < -0.4 is 5.32 Å². The first-order chi connectivity index (χ1) is 9.31. The Balaban J connectivity index is 2.08. The molecule has 0 saturated heterocycles. The molecule has 1 N–H and O–H groups in total. The lowest BCUT2D eigenvalue weighted by atomic mass is 9.91. The number of esters is 1. The summed E-state index contributed by atoms with van der Waals surface area (Å²) in [7, 11) is 1.47. The van der Waals surface area contributed by atoms with Gasteiger partial charge in [0.1, 0.15) is 6.04 Å². The van der Waals surface area contributed by atoms with Crippen molar-refractivity contribution in [3.8, 4) is 0 Å². The number of carbonyl (C=O) groups is 1. The number of anilines is 1. The molecule has 3 heteroatoms. The van der Waals surface area contributed by atoms with Crippen LogP contribution in [-0.4, -0.2) is 19.1 Å². The van der Waals surface area contributed by atoms with E-state index in [9.17, 15) is 4.79 Å². The molecule has 1 aliphatic carbocycles. The second kappa shape index (κ2) is 7.17. The zero-order valence-corrected chi connectivity index (χ0v) is 11.6. The van der Waals surface area contributed by atoms with Crippen LogP contribution >= 0.6 is 0 Å². The molecule has 0 amide bonds. The molecule has 1 saturated carbocycles. The minimum Gasteiger partial charge on any atom is -0.467 e. The maximum atomic E-state index is 12.0. The van der Waals surface area contributed by atoms with Gasteiger partial charge in [-0.15, -0.1) is 0 Å². The number of hydrogen-bond donors (Lipinski definition) is 1. The predicted octanol–water partition coefficient (Wildman–Crippen LogP) is 3.61. The van der Waals surface area contributed by atoms with Crippen LogP contribution in [0.25, 0.3) is 0 Å². The van der Waals surface area contributed by atoms with Crippen molar-refractivity contribution in [3.05, 3.63) is 30.3 Å². The van der Waals surface area contributed by atoms with Gasteiger partial charge >= 0.3 is 5.97 Å². The van der Waals surface area contributed by atoms with Crippen LogP contribution in [0.1, 0.15) is 38.5 Å². The molecule has 1 aliphatic rings. The maximum Gasteiger partial charge on any atom is 0.328 e. The molecule has 1 aromatic carbocycles. The van der Waals surface area contributed by atoms with Gasteiger partial charge in [0.15, 0.2) is 0 Å². The van der Waals surface area contributed by atoms with Crippen LogP contribution in [0, 0.1) is 5.92 Å². The molecule has 1 atom stereocenters. The molecule has 2 rings (SSSR count). The van der Waals surface area contributed by atoms with E-state index in [1.54, 1.807) is 0 Å². The third-order valence-electron chi connectivity index (χ3n) is 3.92. The van der Waals surface area contributed by atoms with Gasteiger partial charge in [-0.25, -0.2) is 4.79 Å². The summed E-state index contributed by atoms with van der Waals surface area (Å²) in [5.74, 6) is 0.242. The molecule has 3 nitrogen and oxygen atoms in total. The first-order valence-corrected chi connectivity index (χ1v) is 7.20. The summed E-state index contributed by atoms with van der Waals surface area (Å²) >= 11 is 0. The summed E-state index contributed by atoms with van der Waals surface area (Å²) in [5.41, 5.74) is 0.988. The van der Waals surface area contributed by atoms with Crippen molar-refractivity contribution >= 4 is 11.7 Å². The molecule has 104 valence electrons. The van der Waals surface area contributed by atoms with Gasteiger partial charge in [-0.1, -0.05) is 43.9 Å². The molecule has 0 aromatic heterocycles. The lowest BCUT2D eigenvalue weighted by molar-refractivity contribution is -0.142. The Labute approximate surface area is 115 Å². The predicted molar refractivity (Wildman–Crippen MR) is 77.1 cm³/mol. The molecular weight excluding hydrogens is 238 g/mol. The number of hydrogen-bond acceptors (Lipinski definition) is 3. The van der Waals surface area contributed by atoms with Gasteiger partial charge in [-0.2, -0.15) is 0 Å². The van der Waals surface area contributed by atoms with Crippen LogP contribution in [0.15, 0.2) is 30.3 Å². The van der Waals surface area contributed by atoms with Gasteiger partial charge in [-0.3, -0.25) is 0 Å². The highest BCUT2D eigenvalue weighted by Crippen LogP contribution is 2.28. The van der Waals surface area contributed by atoms with Crippen molar-refractivity contribution in [3.63, 3.8) is 0 Å². The second-order valence-electron chi connectivity index (χ2n) is 5.26. The molecule has 0 bridgehead atoms. The Kier molecular flexibility index (Phi) is 5.25. The largest absolute Gasteiger partial charge is 0.467 e. The number of para-hydroxylation sites is 1. The Bertz CT molecular complexity index is 383. The van der Waals surface area contributed by atoms with E-state index in [-0.39, 0.29) is 12.0 Å². The van der Waals surface area contributed by atoms with E-state index in [0.717, 1.165) is 18.5 Å². The van der Waals surface area contributed by atoms with Crippen molar-refractivity contribution in [2.24, 2.45) is 5.92 Å². The standard InChI is InChI=1S/C16H23NO2/c1-19-16(18)15(13-9-5-2-3-6-10-13)17-14-11-7-4-8-12-14/h4,7-8,11-13,15,17H,2-3,5-6,9-10H2,1H3. The lowest BCUT2D eigenvalue weighted by Crippen LogP contribution is -2.37. The zero-order valence-electron chi connectivity index (χ0n) is 11.6. The van der Waals surface area contributed by atoms with Crippen molar-refractivity contribution in [1.29, 1.82) is 0 Å². The highest BCUT2D eigenvalue weighted by molar-refractivity contribution is 5.79. The maximum absolute atomic E-state index is 12.0. The van der Waals surface area contributed by atoms with Gasteiger partial charge in [0.2, 0.25) is 0 Å². The molecule has 1 fully saturated rings. The molecular formula is C16H23NO2. The fourth-order valence-electron chi connectivity index (χ4n) is 2.85. The number of ether oxygens (including phenoxy) is 1. The lowest BCUT2D eigenvalue weighted by Gasteiger charge is -2.25. The SMILES string of the molecule is COC(=O)C(Nc1ccccc1)C1CCCCCC1. The van der Waals surface area contributed by atoms with Crippen molar-refractivity contribution in [2.75, 3.05) is 12.4 Å². The first kappa shape index (κ1) is 13.9. The van der Waals surface area contributed by atoms with E-state index >= 15 is 0 Å². The Morgan fingerprint density at radius 1 is 1.16 bits per heavy atom. The molecule has 19 heavy (non-hydrogen) atoms. The first-order valence-electron chi connectivity index (χ1n) is 7.20. The van der Waals surface area contributed by atoms with Crippen molar-refractivity contribution < 1.29 is 9.53 Å². The quantitative estimate of drug-likeness (QED) is 0.664. The van der Waals surface area contributed by atoms with Crippen molar-refractivity contribution in [1.82, 2.24) is 0 Å². The van der Waals surface area contributed by atoms with E-state index in [0.29, 0.717) is 5.92 Å². The molecule has 0 aliphatic heterocycles. The number of benzene rings is 1. The minimum atomic E-state index is -0.217. The monoisotopic (exact) mass is 261 g/mol. The molecule has 0 radical (unpaired) electrons. The van der Waals surface area contributed by atoms with Gasteiger partial charge < -0.3 is 10.1 Å². The van der Waals surface area contributed by atoms with Crippen LogP contribution in [0.5, 0.6) is 0 Å².